The largest absolute Gasteiger partial charge is 0.494 e. The molecule has 1 aliphatic rings. The topological polar surface area (TPSA) is 63.2 Å². The number of carbonyl (C=O) groups excluding carboxylic acids is 1. The molecule has 1 aliphatic heterocycles. The summed E-state index contributed by atoms with van der Waals surface area (Å²) in [5, 5.41) is 6.77. The minimum Gasteiger partial charge on any atom is -0.494 e. The fourth-order valence-corrected chi connectivity index (χ4v) is 3.30. The number of para-hydroxylation sites is 1. The van der Waals surface area contributed by atoms with Gasteiger partial charge in [0.2, 0.25) is 5.91 Å². The molecule has 2 heterocycles. The Morgan fingerprint density at radius 2 is 2.40 bits per heavy atom. The van der Waals surface area contributed by atoms with Gasteiger partial charge in [0.1, 0.15) is 11.3 Å². The molecule has 5 nitrogen and oxygen atoms in total. The Balaban J connectivity index is 1.78. The molecule has 20 heavy (non-hydrogen) atoms. The van der Waals surface area contributed by atoms with Crippen molar-refractivity contribution in [1.29, 1.82) is 0 Å². The number of thiazole rings is 1. The molecular formula is C14H17N3O2S. The molecule has 1 unspecified atom stereocenters. The maximum Gasteiger partial charge on any atom is 0.243 e. The van der Waals surface area contributed by atoms with Crippen molar-refractivity contribution in [3.05, 3.63) is 18.2 Å². The second-order valence-corrected chi connectivity index (χ2v) is 5.85. The van der Waals surface area contributed by atoms with Crippen molar-refractivity contribution < 1.29 is 9.53 Å². The highest BCUT2D eigenvalue weighted by Gasteiger charge is 2.21. The SMILES string of the molecule is COc1cccc2sc(NC(=O)C3CCCCN3)nc12. The zero-order chi connectivity index (χ0) is 13.9. The molecule has 1 amide bonds. The average molecular weight is 291 g/mol. The lowest BCUT2D eigenvalue weighted by Gasteiger charge is -2.21. The molecule has 0 bridgehead atoms. The van der Waals surface area contributed by atoms with Gasteiger partial charge in [-0.25, -0.2) is 4.98 Å². The molecule has 106 valence electrons. The minimum atomic E-state index is -0.0994. The van der Waals surface area contributed by atoms with E-state index in [2.05, 4.69) is 15.6 Å². The number of nitrogens with zero attached hydrogens (tertiary/aromatic N) is 1. The molecule has 6 heteroatoms. The fraction of sp³-hybridized carbons (Fsp3) is 0.429. The fourth-order valence-electron chi connectivity index (χ4n) is 2.41. The maximum absolute atomic E-state index is 12.2. The molecule has 2 aromatic rings. The van der Waals surface area contributed by atoms with Crippen LogP contribution in [0.1, 0.15) is 19.3 Å². The number of benzene rings is 1. The van der Waals surface area contributed by atoms with Crippen molar-refractivity contribution >= 4 is 32.6 Å². The number of nitrogens with one attached hydrogen (secondary N) is 2. The predicted molar refractivity (Wildman–Crippen MR) is 80.4 cm³/mol. The van der Waals surface area contributed by atoms with Crippen LogP contribution in [0, 0.1) is 0 Å². The molecule has 0 radical (unpaired) electrons. The van der Waals surface area contributed by atoms with Gasteiger partial charge in [0, 0.05) is 0 Å². The van der Waals surface area contributed by atoms with E-state index < -0.39 is 0 Å². The van der Waals surface area contributed by atoms with Crippen molar-refractivity contribution in [2.75, 3.05) is 19.0 Å². The Bertz CT molecular complexity index is 620. The van der Waals surface area contributed by atoms with Gasteiger partial charge in [-0.1, -0.05) is 23.8 Å². The molecule has 3 rings (SSSR count). The van der Waals surface area contributed by atoms with Crippen LogP contribution in [0.25, 0.3) is 10.2 Å². The third kappa shape index (κ3) is 2.62. The van der Waals surface area contributed by atoms with Crippen molar-refractivity contribution in [1.82, 2.24) is 10.3 Å². The van der Waals surface area contributed by atoms with Crippen LogP contribution in [0.2, 0.25) is 0 Å². The van der Waals surface area contributed by atoms with Crippen LogP contribution in [0.15, 0.2) is 18.2 Å². The summed E-state index contributed by atoms with van der Waals surface area (Å²) in [7, 11) is 1.62. The van der Waals surface area contributed by atoms with Crippen LogP contribution < -0.4 is 15.4 Å². The summed E-state index contributed by atoms with van der Waals surface area (Å²) in [6, 6.07) is 5.67. The third-order valence-electron chi connectivity index (χ3n) is 3.46. The van der Waals surface area contributed by atoms with E-state index >= 15 is 0 Å². The number of carbonyl (C=O) groups is 1. The summed E-state index contributed by atoms with van der Waals surface area (Å²) in [4.78, 5) is 16.6. The van der Waals surface area contributed by atoms with Crippen LogP contribution in [0.3, 0.4) is 0 Å². The quantitative estimate of drug-likeness (QED) is 0.911. The van der Waals surface area contributed by atoms with E-state index in [1.165, 1.54) is 11.3 Å². The highest BCUT2D eigenvalue weighted by atomic mass is 32.1. The Hall–Kier alpha value is -1.66. The second-order valence-electron chi connectivity index (χ2n) is 4.82. The molecule has 0 aliphatic carbocycles. The standard InChI is InChI=1S/C14H17N3O2S/c1-19-10-6-4-7-11-12(10)16-14(20-11)17-13(18)9-5-2-3-8-15-9/h4,6-7,9,15H,2-3,5,8H2,1H3,(H,16,17,18). The van der Waals surface area contributed by atoms with Gasteiger partial charge in [-0.05, 0) is 31.5 Å². The summed E-state index contributed by atoms with van der Waals surface area (Å²) in [6.45, 7) is 0.908. The summed E-state index contributed by atoms with van der Waals surface area (Å²) in [5.41, 5.74) is 0.798. The molecule has 0 saturated carbocycles. The Labute approximate surface area is 121 Å². The lowest BCUT2D eigenvalue weighted by molar-refractivity contribution is -0.118. The normalized spacial score (nSPS) is 18.9. The highest BCUT2D eigenvalue weighted by Crippen LogP contribution is 2.32. The number of methoxy groups -OCH3 is 1. The molecule has 1 saturated heterocycles. The lowest BCUT2D eigenvalue weighted by Crippen LogP contribution is -2.43. The zero-order valence-electron chi connectivity index (χ0n) is 11.3. The summed E-state index contributed by atoms with van der Waals surface area (Å²) in [6.07, 6.45) is 3.13. The van der Waals surface area contributed by atoms with Crippen LogP contribution >= 0.6 is 11.3 Å². The van der Waals surface area contributed by atoms with E-state index in [9.17, 15) is 4.79 Å². The van der Waals surface area contributed by atoms with Crippen molar-refractivity contribution in [2.24, 2.45) is 0 Å². The van der Waals surface area contributed by atoms with Gasteiger partial charge in [-0.15, -0.1) is 0 Å². The summed E-state index contributed by atoms with van der Waals surface area (Å²) < 4.78 is 6.29. The Morgan fingerprint density at radius 3 is 3.15 bits per heavy atom. The first kappa shape index (κ1) is 13.3. The first-order valence-electron chi connectivity index (χ1n) is 6.76. The van der Waals surface area contributed by atoms with Crippen LogP contribution in [-0.2, 0) is 4.79 Å². The van der Waals surface area contributed by atoms with Crippen molar-refractivity contribution in [3.63, 3.8) is 0 Å². The van der Waals surface area contributed by atoms with E-state index in [0.717, 1.165) is 41.8 Å². The van der Waals surface area contributed by atoms with Crippen molar-refractivity contribution in [3.8, 4) is 5.75 Å². The molecule has 1 aromatic heterocycles. The number of fused-ring (bicyclic) bond motifs is 1. The van der Waals surface area contributed by atoms with Gasteiger partial charge < -0.3 is 15.4 Å². The monoisotopic (exact) mass is 291 g/mol. The first-order valence-corrected chi connectivity index (χ1v) is 7.57. The number of hydrogen-bond acceptors (Lipinski definition) is 5. The Morgan fingerprint density at radius 1 is 1.50 bits per heavy atom. The molecule has 0 spiro atoms. The average Bonchev–Trinajstić information content (AvgIpc) is 2.90. The van der Waals surface area contributed by atoms with Gasteiger partial charge in [0.05, 0.1) is 17.9 Å². The second kappa shape index (κ2) is 5.76. The first-order chi connectivity index (χ1) is 9.78. The van der Waals surface area contributed by atoms with Crippen LogP contribution in [0.4, 0.5) is 5.13 Å². The van der Waals surface area contributed by atoms with Crippen LogP contribution in [-0.4, -0.2) is 30.6 Å². The molecule has 1 atom stereocenters. The van der Waals surface area contributed by atoms with E-state index in [0.29, 0.717) is 5.13 Å². The van der Waals surface area contributed by atoms with Crippen molar-refractivity contribution in [2.45, 2.75) is 25.3 Å². The Kier molecular flexibility index (Phi) is 3.84. The van der Waals surface area contributed by atoms with Gasteiger partial charge in [0.15, 0.2) is 5.13 Å². The number of amides is 1. The van der Waals surface area contributed by atoms with E-state index in [1.807, 2.05) is 18.2 Å². The van der Waals surface area contributed by atoms with E-state index in [4.69, 9.17) is 4.74 Å². The molecule has 1 aromatic carbocycles. The summed E-state index contributed by atoms with van der Waals surface area (Å²) in [5.74, 6) is 0.734. The predicted octanol–water partition coefficient (Wildman–Crippen LogP) is 2.39. The number of anilines is 1. The summed E-state index contributed by atoms with van der Waals surface area (Å²) >= 11 is 1.47. The van der Waals surface area contributed by atoms with E-state index in [-0.39, 0.29) is 11.9 Å². The van der Waals surface area contributed by atoms with Gasteiger partial charge >= 0.3 is 0 Å². The zero-order valence-corrected chi connectivity index (χ0v) is 12.1. The molecule has 2 N–H and O–H groups in total. The van der Waals surface area contributed by atoms with Gasteiger partial charge in [-0.3, -0.25) is 4.79 Å². The lowest BCUT2D eigenvalue weighted by atomic mass is 10.0. The number of ether oxygens (including phenoxy) is 1. The number of aromatic nitrogens is 1. The third-order valence-corrected chi connectivity index (χ3v) is 4.39. The van der Waals surface area contributed by atoms with Crippen LogP contribution in [0.5, 0.6) is 5.75 Å². The molecule has 1 fully saturated rings. The smallest absolute Gasteiger partial charge is 0.243 e. The maximum atomic E-state index is 12.2. The highest BCUT2D eigenvalue weighted by molar-refractivity contribution is 7.22. The number of hydrogen-bond donors (Lipinski definition) is 2. The number of rotatable bonds is 3. The number of piperidine rings is 1. The minimum absolute atomic E-state index is 0.00252. The van der Waals surface area contributed by atoms with E-state index in [1.54, 1.807) is 7.11 Å². The van der Waals surface area contributed by atoms with Gasteiger partial charge in [-0.2, -0.15) is 0 Å². The molecular weight excluding hydrogens is 274 g/mol. The van der Waals surface area contributed by atoms with Gasteiger partial charge in [0.25, 0.3) is 0 Å².